The van der Waals surface area contributed by atoms with E-state index in [-0.39, 0.29) is 17.9 Å². The lowest BCUT2D eigenvalue weighted by Crippen LogP contribution is -2.53. The Hall–Kier alpha value is -4.13. The Balaban J connectivity index is 1.45. The van der Waals surface area contributed by atoms with Crippen LogP contribution in [0.2, 0.25) is 0 Å². The number of aromatic nitrogens is 2. The monoisotopic (exact) mass is 454 g/mol. The van der Waals surface area contributed by atoms with Crippen LogP contribution in [0.4, 0.5) is 0 Å². The minimum absolute atomic E-state index is 0.0149. The number of fused-ring (bicyclic) bond motifs is 1. The topological polar surface area (TPSA) is 78.5 Å². The Kier molecular flexibility index (Phi) is 5.99. The number of carbonyl (C=O) groups is 2. The maximum atomic E-state index is 13.4. The summed E-state index contributed by atoms with van der Waals surface area (Å²) in [4.78, 5) is 38.5. The van der Waals surface area contributed by atoms with Crippen molar-refractivity contribution in [1.29, 1.82) is 0 Å². The summed E-state index contributed by atoms with van der Waals surface area (Å²) >= 11 is 0. The molecule has 0 aliphatic carbocycles. The maximum Gasteiger partial charge on any atom is 0.257 e. The number of benzene rings is 3. The highest BCUT2D eigenvalue weighted by molar-refractivity contribution is 5.97. The lowest BCUT2D eigenvalue weighted by atomic mass is 10.1. The van der Waals surface area contributed by atoms with Crippen LogP contribution < -0.4 is 4.74 Å². The predicted molar refractivity (Wildman–Crippen MR) is 130 cm³/mol. The van der Waals surface area contributed by atoms with Crippen LogP contribution in [0.15, 0.2) is 78.9 Å². The van der Waals surface area contributed by atoms with Crippen molar-refractivity contribution in [1.82, 2.24) is 19.8 Å². The first-order chi connectivity index (χ1) is 16.6. The zero-order valence-corrected chi connectivity index (χ0v) is 19.0. The van der Waals surface area contributed by atoms with E-state index in [0.717, 1.165) is 16.6 Å². The van der Waals surface area contributed by atoms with Crippen molar-refractivity contribution in [2.75, 3.05) is 26.7 Å². The molecule has 2 amide bonds. The van der Waals surface area contributed by atoms with E-state index in [9.17, 15) is 9.59 Å². The number of aromatic amines is 1. The first-order valence-corrected chi connectivity index (χ1v) is 11.3. The van der Waals surface area contributed by atoms with E-state index in [1.165, 1.54) is 0 Å². The van der Waals surface area contributed by atoms with Gasteiger partial charge in [-0.05, 0) is 29.8 Å². The molecule has 7 heteroatoms. The summed E-state index contributed by atoms with van der Waals surface area (Å²) in [5, 5.41) is 0. The summed E-state index contributed by atoms with van der Waals surface area (Å²) in [6.07, 6.45) is 0.304. The molecule has 1 aliphatic heterocycles. The first-order valence-electron chi connectivity index (χ1n) is 11.3. The Morgan fingerprint density at radius 1 is 0.971 bits per heavy atom. The molecule has 1 atom stereocenters. The van der Waals surface area contributed by atoms with E-state index in [4.69, 9.17) is 9.72 Å². The third-order valence-electron chi connectivity index (χ3n) is 6.25. The van der Waals surface area contributed by atoms with Crippen molar-refractivity contribution in [3.8, 4) is 5.75 Å². The van der Waals surface area contributed by atoms with Gasteiger partial charge in [0.2, 0.25) is 5.91 Å². The van der Waals surface area contributed by atoms with Crippen molar-refractivity contribution in [3.05, 3.63) is 95.8 Å². The van der Waals surface area contributed by atoms with E-state index in [2.05, 4.69) is 4.98 Å². The van der Waals surface area contributed by atoms with Crippen LogP contribution in [-0.2, 0) is 11.2 Å². The highest BCUT2D eigenvalue weighted by Gasteiger charge is 2.36. The summed E-state index contributed by atoms with van der Waals surface area (Å²) < 4.78 is 5.40. The van der Waals surface area contributed by atoms with E-state index >= 15 is 0 Å². The van der Waals surface area contributed by atoms with Gasteiger partial charge in [0.25, 0.3) is 5.91 Å². The molecule has 34 heavy (non-hydrogen) atoms. The number of nitrogens with zero attached hydrogens (tertiary/aromatic N) is 3. The Morgan fingerprint density at radius 3 is 2.50 bits per heavy atom. The number of methoxy groups -OCH3 is 1. The lowest BCUT2D eigenvalue weighted by Gasteiger charge is -2.40. The van der Waals surface area contributed by atoms with E-state index in [1.54, 1.807) is 24.1 Å². The van der Waals surface area contributed by atoms with Gasteiger partial charge in [0, 0.05) is 19.6 Å². The van der Waals surface area contributed by atoms with Crippen LogP contribution in [0.25, 0.3) is 11.0 Å². The molecule has 1 fully saturated rings. The molecule has 0 saturated carbocycles. The van der Waals surface area contributed by atoms with Gasteiger partial charge in [0.1, 0.15) is 17.6 Å². The van der Waals surface area contributed by atoms with E-state index in [0.29, 0.717) is 43.2 Å². The number of rotatable bonds is 5. The Bertz CT molecular complexity index is 1280. The number of imidazole rings is 1. The highest BCUT2D eigenvalue weighted by Crippen LogP contribution is 2.29. The number of ether oxygens (including phenoxy) is 1. The molecule has 0 bridgehead atoms. The third kappa shape index (κ3) is 4.24. The van der Waals surface area contributed by atoms with Crippen molar-refractivity contribution >= 4 is 22.8 Å². The van der Waals surface area contributed by atoms with Gasteiger partial charge in [-0.2, -0.15) is 0 Å². The largest absolute Gasteiger partial charge is 0.496 e. The average molecular weight is 455 g/mol. The summed E-state index contributed by atoms with van der Waals surface area (Å²) in [7, 11) is 1.56. The molecule has 1 N–H and O–H groups in total. The standard InChI is InChI=1S/C27H26N4O3/c1-34-24-14-8-5-11-20(24)27(33)30-15-16-31(25(32)17-19-9-3-2-4-10-19)23(18-30)26-28-21-12-6-7-13-22(21)29-26/h2-14,23H,15-18H2,1H3,(H,28,29). The number of amides is 2. The molecule has 5 rings (SSSR count). The molecule has 0 radical (unpaired) electrons. The number of hydrogen-bond acceptors (Lipinski definition) is 4. The van der Waals surface area contributed by atoms with Gasteiger partial charge in [-0.3, -0.25) is 9.59 Å². The predicted octanol–water partition coefficient (Wildman–Crippen LogP) is 3.84. The van der Waals surface area contributed by atoms with E-state index < -0.39 is 0 Å². The average Bonchev–Trinajstić information content (AvgIpc) is 3.33. The van der Waals surface area contributed by atoms with Crippen LogP contribution in [0.5, 0.6) is 5.75 Å². The maximum absolute atomic E-state index is 13.4. The van der Waals surface area contributed by atoms with Gasteiger partial charge in [0.15, 0.2) is 0 Å². The fourth-order valence-corrected chi connectivity index (χ4v) is 4.49. The number of carbonyl (C=O) groups excluding carboxylic acids is 2. The molecule has 0 spiro atoms. The lowest BCUT2D eigenvalue weighted by molar-refractivity contribution is -0.135. The molecule has 3 aromatic carbocycles. The Morgan fingerprint density at radius 2 is 1.71 bits per heavy atom. The Labute approximate surface area is 198 Å². The van der Waals surface area contributed by atoms with Crippen LogP contribution in [-0.4, -0.2) is 58.3 Å². The van der Waals surface area contributed by atoms with E-state index in [1.807, 2.05) is 71.6 Å². The quantitative estimate of drug-likeness (QED) is 0.497. The smallest absolute Gasteiger partial charge is 0.257 e. The third-order valence-corrected chi connectivity index (χ3v) is 6.25. The van der Waals surface area contributed by atoms with Gasteiger partial charge in [0.05, 0.1) is 30.1 Å². The summed E-state index contributed by atoms with van der Waals surface area (Å²) in [5.41, 5.74) is 3.21. The van der Waals surface area contributed by atoms with Crippen molar-refractivity contribution in [2.24, 2.45) is 0 Å². The van der Waals surface area contributed by atoms with Crippen LogP contribution >= 0.6 is 0 Å². The summed E-state index contributed by atoms with van der Waals surface area (Å²) in [5.74, 6) is 1.12. The molecule has 2 heterocycles. The zero-order valence-electron chi connectivity index (χ0n) is 19.0. The number of piperazine rings is 1. The second-order valence-electron chi connectivity index (χ2n) is 8.36. The SMILES string of the molecule is COc1ccccc1C(=O)N1CCN(C(=O)Cc2ccccc2)C(c2nc3ccccc3[nH]2)C1. The number of nitrogens with one attached hydrogen (secondary N) is 1. The fourth-order valence-electron chi connectivity index (χ4n) is 4.49. The molecule has 172 valence electrons. The normalized spacial score (nSPS) is 16.0. The number of para-hydroxylation sites is 3. The molecule has 7 nitrogen and oxygen atoms in total. The molecule has 1 unspecified atom stereocenters. The molecular formula is C27H26N4O3. The number of hydrogen-bond donors (Lipinski definition) is 1. The van der Waals surface area contributed by atoms with Gasteiger partial charge in [-0.25, -0.2) is 4.98 Å². The molecule has 1 aliphatic rings. The first kappa shape index (κ1) is 21.7. The number of H-pyrrole nitrogens is 1. The van der Waals surface area contributed by atoms with Crippen LogP contribution in [0, 0.1) is 0 Å². The van der Waals surface area contributed by atoms with Crippen LogP contribution in [0.1, 0.15) is 27.8 Å². The van der Waals surface area contributed by atoms with Crippen molar-refractivity contribution in [3.63, 3.8) is 0 Å². The van der Waals surface area contributed by atoms with Crippen molar-refractivity contribution in [2.45, 2.75) is 12.5 Å². The highest BCUT2D eigenvalue weighted by atomic mass is 16.5. The second-order valence-corrected chi connectivity index (χ2v) is 8.36. The molecule has 4 aromatic rings. The van der Waals surface area contributed by atoms with Gasteiger partial charge < -0.3 is 19.5 Å². The van der Waals surface area contributed by atoms with Gasteiger partial charge in [-0.1, -0.05) is 54.6 Å². The second kappa shape index (κ2) is 9.39. The zero-order chi connectivity index (χ0) is 23.5. The summed E-state index contributed by atoms with van der Waals surface area (Å²) in [6.45, 7) is 1.21. The minimum atomic E-state index is -0.379. The fraction of sp³-hybridized carbons (Fsp3) is 0.222. The van der Waals surface area contributed by atoms with Gasteiger partial charge >= 0.3 is 0 Å². The molecular weight excluding hydrogens is 428 g/mol. The van der Waals surface area contributed by atoms with Crippen LogP contribution in [0.3, 0.4) is 0 Å². The molecule has 1 aromatic heterocycles. The summed E-state index contributed by atoms with van der Waals surface area (Å²) in [6, 6.07) is 24.3. The van der Waals surface area contributed by atoms with Gasteiger partial charge in [-0.15, -0.1) is 0 Å². The van der Waals surface area contributed by atoms with Crippen molar-refractivity contribution < 1.29 is 14.3 Å². The molecule has 1 saturated heterocycles. The minimum Gasteiger partial charge on any atom is -0.496 e.